The van der Waals surface area contributed by atoms with E-state index in [1.54, 1.807) is 6.92 Å². The van der Waals surface area contributed by atoms with Crippen LogP contribution in [-0.2, 0) is 6.54 Å². The summed E-state index contributed by atoms with van der Waals surface area (Å²) in [4.78, 5) is 0. The van der Waals surface area contributed by atoms with Gasteiger partial charge in [0.1, 0.15) is 0 Å². The van der Waals surface area contributed by atoms with E-state index in [4.69, 9.17) is 22.4 Å². The molecule has 1 rings (SSSR count). The van der Waals surface area contributed by atoms with Crippen LogP contribution in [0.1, 0.15) is 11.1 Å². The van der Waals surface area contributed by atoms with E-state index in [1.165, 1.54) is 6.07 Å². The molecule has 0 saturated carbocycles. The van der Waals surface area contributed by atoms with Crippen LogP contribution in [0.2, 0.25) is 5.02 Å². The molecule has 12 heavy (non-hydrogen) atoms. The van der Waals surface area contributed by atoms with Crippen molar-refractivity contribution < 1.29 is 9.50 Å². The molecule has 0 aliphatic heterocycles. The number of aromatic hydroxyl groups is 1. The number of nitrogens with two attached hydrogens (primary N) is 1. The second-order valence-corrected chi connectivity index (χ2v) is 2.91. The van der Waals surface area contributed by atoms with Crippen molar-refractivity contribution in [2.75, 3.05) is 0 Å². The molecule has 4 heteroatoms. The van der Waals surface area contributed by atoms with Crippen LogP contribution < -0.4 is 5.73 Å². The molecule has 0 amide bonds. The van der Waals surface area contributed by atoms with Crippen molar-refractivity contribution in [1.82, 2.24) is 0 Å². The Morgan fingerprint density at radius 3 is 2.75 bits per heavy atom. The number of hydrogen-bond donors (Lipinski definition) is 2. The highest BCUT2D eigenvalue weighted by Crippen LogP contribution is 2.31. The molecule has 0 atom stereocenters. The maximum atomic E-state index is 13.0. The maximum Gasteiger partial charge on any atom is 0.170 e. The van der Waals surface area contributed by atoms with Crippen LogP contribution >= 0.6 is 11.6 Å². The van der Waals surface area contributed by atoms with Gasteiger partial charge in [-0.15, -0.1) is 0 Å². The molecular weight excluding hydrogens is 181 g/mol. The van der Waals surface area contributed by atoms with E-state index in [1.807, 2.05) is 0 Å². The summed E-state index contributed by atoms with van der Waals surface area (Å²) < 4.78 is 13.0. The highest BCUT2D eigenvalue weighted by molar-refractivity contribution is 6.32. The SMILES string of the molecule is Cc1cc(CN)c(F)c(O)c1Cl. The van der Waals surface area contributed by atoms with E-state index in [9.17, 15) is 4.39 Å². The topological polar surface area (TPSA) is 46.2 Å². The molecule has 1 aromatic rings. The molecule has 0 aromatic heterocycles. The minimum absolute atomic E-state index is 0.0460. The Kier molecular flexibility index (Phi) is 2.55. The summed E-state index contributed by atoms with van der Waals surface area (Å²) in [6, 6.07) is 1.53. The summed E-state index contributed by atoms with van der Waals surface area (Å²) in [7, 11) is 0. The quantitative estimate of drug-likeness (QED) is 0.710. The molecule has 0 heterocycles. The Labute approximate surface area is 74.8 Å². The van der Waals surface area contributed by atoms with Crippen LogP contribution in [0.3, 0.4) is 0 Å². The van der Waals surface area contributed by atoms with Crippen molar-refractivity contribution in [3.05, 3.63) is 28.0 Å². The number of benzene rings is 1. The third kappa shape index (κ3) is 1.38. The minimum Gasteiger partial charge on any atom is -0.504 e. The Morgan fingerprint density at radius 1 is 1.67 bits per heavy atom. The average Bonchev–Trinajstić information content (AvgIpc) is 2.08. The molecule has 0 bridgehead atoms. The molecule has 0 aliphatic carbocycles. The van der Waals surface area contributed by atoms with Gasteiger partial charge in [-0.05, 0) is 12.5 Å². The molecule has 0 unspecified atom stereocenters. The monoisotopic (exact) mass is 189 g/mol. The summed E-state index contributed by atoms with van der Waals surface area (Å²) in [5.74, 6) is -1.25. The first-order valence-corrected chi connectivity index (χ1v) is 3.82. The highest BCUT2D eigenvalue weighted by atomic mass is 35.5. The fourth-order valence-electron chi connectivity index (χ4n) is 0.972. The smallest absolute Gasteiger partial charge is 0.170 e. The predicted molar refractivity (Wildman–Crippen MR) is 45.7 cm³/mol. The largest absolute Gasteiger partial charge is 0.504 e. The lowest BCUT2D eigenvalue weighted by Gasteiger charge is -2.06. The first-order chi connectivity index (χ1) is 5.57. The van der Waals surface area contributed by atoms with Crippen molar-refractivity contribution in [2.45, 2.75) is 13.5 Å². The third-order valence-electron chi connectivity index (χ3n) is 1.65. The van der Waals surface area contributed by atoms with Crippen LogP contribution in [0.4, 0.5) is 4.39 Å². The second-order valence-electron chi connectivity index (χ2n) is 2.53. The zero-order valence-corrected chi connectivity index (χ0v) is 7.32. The predicted octanol–water partition coefficient (Wildman–Crippen LogP) is 1.95. The Hall–Kier alpha value is -0.800. The van der Waals surface area contributed by atoms with Crippen LogP contribution in [0.25, 0.3) is 0 Å². The second kappa shape index (κ2) is 3.29. The van der Waals surface area contributed by atoms with Crippen LogP contribution in [0.15, 0.2) is 6.07 Å². The molecule has 2 nitrogen and oxygen atoms in total. The highest BCUT2D eigenvalue weighted by Gasteiger charge is 2.12. The lowest BCUT2D eigenvalue weighted by atomic mass is 10.1. The van der Waals surface area contributed by atoms with Gasteiger partial charge in [0, 0.05) is 12.1 Å². The molecule has 0 saturated heterocycles. The number of aryl methyl sites for hydroxylation is 1. The summed E-state index contributed by atoms with van der Waals surface area (Å²) in [6.07, 6.45) is 0. The van der Waals surface area contributed by atoms with Crippen molar-refractivity contribution in [2.24, 2.45) is 5.73 Å². The van der Waals surface area contributed by atoms with Gasteiger partial charge < -0.3 is 10.8 Å². The van der Waals surface area contributed by atoms with E-state index in [-0.39, 0.29) is 17.1 Å². The van der Waals surface area contributed by atoms with Gasteiger partial charge in [0.15, 0.2) is 11.6 Å². The van der Waals surface area contributed by atoms with Gasteiger partial charge in [0.2, 0.25) is 0 Å². The zero-order valence-electron chi connectivity index (χ0n) is 6.56. The van der Waals surface area contributed by atoms with E-state index in [0.29, 0.717) is 5.56 Å². The van der Waals surface area contributed by atoms with Crippen molar-refractivity contribution in [3.8, 4) is 5.75 Å². The molecule has 1 aromatic carbocycles. The first-order valence-electron chi connectivity index (χ1n) is 3.44. The summed E-state index contributed by atoms with van der Waals surface area (Å²) >= 11 is 5.58. The average molecular weight is 190 g/mol. The lowest BCUT2D eigenvalue weighted by Crippen LogP contribution is -2.01. The Morgan fingerprint density at radius 2 is 2.25 bits per heavy atom. The lowest BCUT2D eigenvalue weighted by molar-refractivity contribution is 0.428. The van der Waals surface area contributed by atoms with Gasteiger partial charge >= 0.3 is 0 Å². The normalized spacial score (nSPS) is 10.3. The Balaban J connectivity index is 3.39. The number of hydrogen-bond acceptors (Lipinski definition) is 2. The fourth-order valence-corrected chi connectivity index (χ4v) is 1.11. The zero-order chi connectivity index (χ0) is 9.30. The maximum absolute atomic E-state index is 13.0. The molecule has 0 radical (unpaired) electrons. The summed E-state index contributed by atoms with van der Waals surface area (Å²) in [5, 5.41) is 9.18. The van der Waals surface area contributed by atoms with Crippen molar-refractivity contribution >= 4 is 11.6 Å². The van der Waals surface area contributed by atoms with Gasteiger partial charge in [-0.2, -0.15) is 0 Å². The van der Waals surface area contributed by atoms with E-state index in [2.05, 4.69) is 0 Å². The molecule has 3 N–H and O–H groups in total. The number of phenols is 1. The third-order valence-corrected chi connectivity index (χ3v) is 2.13. The Bertz CT molecular complexity index is 314. The van der Waals surface area contributed by atoms with E-state index < -0.39 is 11.6 Å². The van der Waals surface area contributed by atoms with Gasteiger partial charge in [-0.3, -0.25) is 0 Å². The molecule has 66 valence electrons. The van der Waals surface area contributed by atoms with Crippen LogP contribution in [0.5, 0.6) is 5.75 Å². The van der Waals surface area contributed by atoms with Gasteiger partial charge in [0.05, 0.1) is 5.02 Å². The summed E-state index contributed by atoms with van der Waals surface area (Å²) in [6.45, 7) is 1.73. The van der Waals surface area contributed by atoms with Crippen molar-refractivity contribution in [3.63, 3.8) is 0 Å². The van der Waals surface area contributed by atoms with Gasteiger partial charge in [0.25, 0.3) is 0 Å². The van der Waals surface area contributed by atoms with Crippen LogP contribution in [0, 0.1) is 12.7 Å². The first kappa shape index (κ1) is 9.29. The van der Waals surface area contributed by atoms with E-state index in [0.717, 1.165) is 0 Å². The fraction of sp³-hybridized carbons (Fsp3) is 0.250. The summed E-state index contributed by atoms with van der Waals surface area (Å²) in [5.41, 5.74) is 6.14. The number of halogens is 2. The number of rotatable bonds is 1. The molecule has 0 spiro atoms. The van der Waals surface area contributed by atoms with Gasteiger partial charge in [-0.25, -0.2) is 4.39 Å². The van der Waals surface area contributed by atoms with Gasteiger partial charge in [-0.1, -0.05) is 17.7 Å². The molecule has 0 fully saturated rings. The number of phenolic OH excluding ortho intramolecular Hbond substituents is 1. The van der Waals surface area contributed by atoms with Crippen molar-refractivity contribution in [1.29, 1.82) is 0 Å². The molecular formula is C8H9ClFNO. The molecule has 0 aliphatic rings. The minimum atomic E-state index is -0.729. The van der Waals surface area contributed by atoms with Crippen LogP contribution in [-0.4, -0.2) is 5.11 Å². The standard InChI is InChI=1S/C8H9ClFNO/c1-4-2-5(3-11)7(10)8(12)6(4)9/h2,12H,3,11H2,1H3. The van der Waals surface area contributed by atoms with E-state index >= 15 is 0 Å².